The minimum absolute atomic E-state index is 0.885. The third-order valence-electron chi connectivity index (χ3n) is 3.77. The van der Waals surface area contributed by atoms with Gasteiger partial charge < -0.3 is 9.88 Å². The van der Waals surface area contributed by atoms with Crippen molar-refractivity contribution in [2.75, 3.05) is 6.54 Å². The van der Waals surface area contributed by atoms with Crippen LogP contribution in [0, 0.1) is 0 Å². The number of nitrogens with zero attached hydrogens (tertiary/aromatic N) is 1. The normalized spacial score (nSPS) is 11.1. The van der Waals surface area contributed by atoms with Crippen LogP contribution >= 0.6 is 15.9 Å². The van der Waals surface area contributed by atoms with Gasteiger partial charge in [0.2, 0.25) is 0 Å². The molecule has 21 heavy (non-hydrogen) atoms. The van der Waals surface area contributed by atoms with Crippen molar-refractivity contribution in [1.82, 2.24) is 9.88 Å². The van der Waals surface area contributed by atoms with Crippen molar-refractivity contribution in [3.63, 3.8) is 0 Å². The molecule has 0 saturated heterocycles. The Morgan fingerprint density at radius 3 is 2.62 bits per heavy atom. The molecule has 0 saturated carbocycles. The van der Waals surface area contributed by atoms with E-state index in [1.54, 1.807) is 0 Å². The molecular formula is C18H19BrN2. The summed E-state index contributed by atoms with van der Waals surface area (Å²) in [5.74, 6) is 0. The summed E-state index contributed by atoms with van der Waals surface area (Å²) in [6.45, 7) is 4.94. The van der Waals surface area contributed by atoms with Crippen molar-refractivity contribution < 1.29 is 0 Å². The van der Waals surface area contributed by atoms with Gasteiger partial charge in [-0.25, -0.2) is 0 Å². The van der Waals surface area contributed by atoms with Gasteiger partial charge in [0.05, 0.1) is 0 Å². The first kappa shape index (κ1) is 14.4. The fourth-order valence-corrected chi connectivity index (χ4v) is 3.06. The lowest BCUT2D eigenvalue weighted by atomic mass is 10.1. The second-order valence-corrected chi connectivity index (χ2v) is 6.02. The molecule has 0 aliphatic rings. The molecule has 0 atom stereocenters. The molecule has 0 aliphatic heterocycles. The van der Waals surface area contributed by atoms with E-state index in [4.69, 9.17) is 0 Å². The van der Waals surface area contributed by atoms with E-state index in [1.807, 2.05) is 0 Å². The largest absolute Gasteiger partial charge is 0.343 e. The molecular weight excluding hydrogens is 324 g/mol. The van der Waals surface area contributed by atoms with Gasteiger partial charge in [-0.05, 0) is 35.9 Å². The van der Waals surface area contributed by atoms with Gasteiger partial charge in [0, 0.05) is 34.7 Å². The van der Waals surface area contributed by atoms with E-state index >= 15 is 0 Å². The number of fused-ring (bicyclic) bond motifs is 1. The van der Waals surface area contributed by atoms with Crippen LogP contribution in [-0.4, -0.2) is 11.1 Å². The molecule has 3 aromatic rings. The summed E-state index contributed by atoms with van der Waals surface area (Å²) >= 11 is 3.63. The van der Waals surface area contributed by atoms with Crippen molar-refractivity contribution >= 4 is 26.8 Å². The van der Waals surface area contributed by atoms with E-state index in [9.17, 15) is 0 Å². The molecule has 1 N–H and O–H groups in total. The highest BCUT2D eigenvalue weighted by molar-refractivity contribution is 9.10. The van der Waals surface area contributed by atoms with Crippen LogP contribution < -0.4 is 5.32 Å². The Bertz CT molecular complexity index is 746. The highest BCUT2D eigenvalue weighted by Crippen LogP contribution is 2.23. The minimum Gasteiger partial charge on any atom is -0.343 e. The van der Waals surface area contributed by atoms with Gasteiger partial charge in [0.15, 0.2) is 0 Å². The van der Waals surface area contributed by atoms with Gasteiger partial charge in [-0.3, -0.25) is 0 Å². The molecule has 0 radical (unpaired) electrons. The third-order valence-corrected chi connectivity index (χ3v) is 4.54. The van der Waals surface area contributed by atoms with Gasteiger partial charge in [-0.15, -0.1) is 0 Å². The number of hydrogen-bond donors (Lipinski definition) is 1. The molecule has 2 nitrogen and oxygen atoms in total. The maximum atomic E-state index is 3.63. The van der Waals surface area contributed by atoms with Crippen LogP contribution in [0.3, 0.4) is 0 Å². The second-order valence-electron chi connectivity index (χ2n) is 5.17. The summed E-state index contributed by atoms with van der Waals surface area (Å²) in [6, 6.07) is 17.2. The Hall–Kier alpha value is -1.58. The summed E-state index contributed by atoms with van der Waals surface area (Å²) in [4.78, 5) is 0. The zero-order chi connectivity index (χ0) is 14.7. The second kappa shape index (κ2) is 6.46. The van der Waals surface area contributed by atoms with Crippen LogP contribution in [0.5, 0.6) is 0 Å². The van der Waals surface area contributed by atoms with Gasteiger partial charge in [-0.2, -0.15) is 0 Å². The highest BCUT2D eigenvalue weighted by atomic mass is 79.9. The van der Waals surface area contributed by atoms with Gasteiger partial charge in [0.1, 0.15) is 0 Å². The molecule has 0 spiro atoms. The zero-order valence-corrected chi connectivity index (χ0v) is 13.7. The molecule has 0 bridgehead atoms. The van der Waals surface area contributed by atoms with Gasteiger partial charge in [0.25, 0.3) is 0 Å². The maximum Gasteiger partial charge on any atom is 0.0487 e. The van der Waals surface area contributed by atoms with Crippen molar-refractivity contribution in [3.8, 4) is 0 Å². The molecule has 1 heterocycles. The molecule has 3 rings (SSSR count). The first-order valence-electron chi connectivity index (χ1n) is 7.30. The number of benzene rings is 2. The maximum absolute atomic E-state index is 3.63. The number of rotatable bonds is 5. The predicted octanol–water partition coefficient (Wildman–Crippen LogP) is 4.56. The summed E-state index contributed by atoms with van der Waals surface area (Å²) < 4.78 is 3.47. The van der Waals surface area contributed by atoms with Crippen LogP contribution in [0.15, 0.2) is 59.2 Å². The monoisotopic (exact) mass is 342 g/mol. The van der Waals surface area contributed by atoms with Crippen LogP contribution in [0.4, 0.5) is 0 Å². The Morgan fingerprint density at radius 2 is 1.81 bits per heavy atom. The summed E-state index contributed by atoms with van der Waals surface area (Å²) in [7, 11) is 0. The SMILES string of the molecule is CCNCc1cccc2c1ccn2Cc1ccccc1Br. The number of nitrogens with one attached hydrogen (secondary N) is 1. The first-order chi connectivity index (χ1) is 10.3. The molecule has 1 aromatic heterocycles. The molecule has 108 valence electrons. The first-order valence-corrected chi connectivity index (χ1v) is 8.09. The predicted molar refractivity (Wildman–Crippen MR) is 92.6 cm³/mol. The third kappa shape index (κ3) is 3.04. The zero-order valence-electron chi connectivity index (χ0n) is 12.1. The fraction of sp³-hybridized carbons (Fsp3) is 0.222. The lowest BCUT2D eigenvalue weighted by Crippen LogP contribution is -2.11. The van der Waals surface area contributed by atoms with Gasteiger partial charge in [-0.1, -0.05) is 53.2 Å². The van der Waals surface area contributed by atoms with Crippen LogP contribution in [0.25, 0.3) is 10.9 Å². The van der Waals surface area contributed by atoms with Crippen molar-refractivity contribution in [2.24, 2.45) is 0 Å². The minimum atomic E-state index is 0.885. The fourth-order valence-electron chi connectivity index (χ4n) is 2.65. The van der Waals surface area contributed by atoms with E-state index in [0.717, 1.165) is 24.1 Å². The van der Waals surface area contributed by atoms with Gasteiger partial charge >= 0.3 is 0 Å². The summed E-state index contributed by atoms with van der Waals surface area (Å²) in [5, 5.41) is 4.75. The quantitative estimate of drug-likeness (QED) is 0.719. The Kier molecular flexibility index (Phi) is 4.42. The number of hydrogen-bond acceptors (Lipinski definition) is 1. The standard InChI is InChI=1S/C18H19BrN2/c1-2-20-12-14-7-5-9-18-16(14)10-11-21(18)13-15-6-3-4-8-17(15)19/h3-11,20H,2,12-13H2,1H3. The lowest BCUT2D eigenvalue weighted by Gasteiger charge is -2.09. The van der Waals surface area contributed by atoms with E-state index in [0.29, 0.717) is 0 Å². The molecule has 3 heteroatoms. The number of halogens is 1. The molecule has 0 amide bonds. The van der Waals surface area contributed by atoms with Crippen molar-refractivity contribution in [3.05, 3.63) is 70.3 Å². The van der Waals surface area contributed by atoms with E-state index in [-0.39, 0.29) is 0 Å². The topological polar surface area (TPSA) is 17.0 Å². The Labute approximate surface area is 133 Å². The molecule has 0 unspecified atom stereocenters. The Balaban J connectivity index is 1.95. The molecule has 0 aliphatic carbocycles. The average Bonchev–Trinajstić information content (AvgIpc) is 2.91. The lowest BCUT2D eigenvalue weighted by molar-refractivity contribution is 0.730. The molecule has 0 fully saturated rings. The van der Waals surface area contributed by atoms with Crippen LogP contribution in [0.2, 0.25) is 0 Å². The smallest absolute Gasteiger partial charge is 0.0487 e. The summed E-state index contributed by atoms with van der Waals surface area (Å²) in [6.07, 6.45) is 2.18. The summed E-state index contributed by atoms with van der Waals surface area (Å²) in [5.41, 5.74) is 3.95. The average molecular weight is 343 g/mol. The van der Waals surface area contributed by atoms with Crippen molar-refractivity contribution in [2.45, 2.75) is 20.0 Å². The van der Waals surface area contributed by atoms with Crippen molar-refractivity contribution in [1.29, 1.82) is 0 Å². The van der Waals surface area contributed by atoms with Crippen LogP contribution in [0.1, 0.15) is 18.1 Å². The highest BCUT2D eigenvalue weighted by Gasteiger charge is 2.07. The van der Waals surface area contributed by atoms with E-state index in [1.165, 1.54) is 22.0 Å². The number of aromatic nitrogens is 1. The van der Waals surface area contributed by atoms with E-state index in [2.05, 4.69) is 87.5 Å². The van der Waals surface area contributed by atoms with Crippen LogP contribution in [-0.2, 0) is 13.1 Å². The Morgan fingerprint density at radius 1 is 1.00 bits per heavy atom. The van der Waals surface area contributed by atoms with E-state index < -0.39 is 0 Å². The molecule has 2 aromatic carbocycles.